The molecule has 5 nitrogen and oxygen atoms in total. The van der Waals surface area contributed by atoms with Crippen molar-refractivity contribution in [3.05, 3.63) is 45.2 Å². The third-order valence-corrected chi connectivity index (χ3v) is 5.01. The lowest BCUT2D eigenvalue weighted by atomic mass is 10.1. The Labute approximate surface area is 142 Å². The first kappa shape index (κ1) is 15.8. The van der Waals surface area contributed by atoms with Crippen molar-refractivity contribution in [3.63, 3.8) is 0 Å². The van der Waals surface area contributed by atoms with Crippen LogP contribution < -0.4 is 5.32 Å². The number of thiazole rings is 1. The molecule has 0 saturated heterocycles. The molecule has 2 heterocycles. The molecule has 0 aliphatic rings. The van der Waals surface area contributed by atoms with E-state index < -0.39 is 0 Å². The zero-order valence-corrected chi connectivity index (χ0v) is 14.5. The number of carbonyl (C=O) groups excluding carboxylic acids is 1. The Hall–Kier alpha value is -2.12. The van der Waals surface area contributed by atoms with Crippen molar-refractivity contribution < 1.29 is 4.79 Å². The van der Waals surface area contributed by atoms with Crippen molar-refractivity contribution in [2.24, 2.45) is 0 Å². The number of amides is 1. The van der Waals surface area contributed by atoms with Crippen LogP contribution in [0.3, 0.4) is 0 Å². The molecule has 3 aromatic rings. The third kappa shape index (κ3) is 4.00. The molecule has 3 rings (SSSR count). The molecule has 0 aliphatic heterocycles. The van der Waals surface area contributed by atoms with Gasteiger partial charge in [0.1, 0.15) is 5.01 Å². The van der Waals surface area contributed by atoms with Gasteiger partial charge in [-0.15, -0.1) is 21.5 Å². The molecule has 23 heavy (non-hydrogen) atoms. The Kier molecular flexibility index (Phi) is 4.78. The Morgan fingerprint density at radius 2 is 2.00 bits per heavy atom. The molecular formula is C16H16N4OS2. The summed E-state index contributed by atoms with van der Waals surface area (Å²) in [6.45, 7) is 4.00. The smallest absolute Gasteiger partial charge is 0.230 e. The first-order valence-corrected chi connectivity index (χ1v) is 8.97. The van der Waals surface area contributed by atoms with E-state index in [-0.39, 0.29) is 5.91 Å². The van der Waals surface area contributed by atoms with E-state index in [1.807, 2.05) is 43.5 Å². The van der Waals surface area contributed by atoms with E-state index in [0.717, 1.165) is 33.3 Å². The summed E-state index contributed by atoms with van der Waals surface area (Å²) in [5.74, 6) is -0.0824. The molecule has 0 bridgehead atoms. The van der Waals surface area contributed by atoms with E-state index in [4.69, 9.17) is 0 Å². The number of nitrogens with one attached hydrogen (secondary N) is 1. The monoisotopic (exact) mass is 344 g/mol. The number of anilines is 1. The van der Waals surface area contributed by atoms with E-state index in [2.05, 4.69) is 20.5 Å². The molecule has 1 amide bonds. The van der Waals surface area contributed by atoms with Crippen molar-refractivity contribution in [1.29, 1.82) is 0 Å². The number of hydrogen-bond donors (Lipinski definition) is 1. The summed E-state index contributed by atoms with van der Waals surface area (Å²) in [4.78, 5) is 16.5. The zero-order valence-electron chi connectivity index (χ0n) is 12.9. The van der Waals surface area contributed by atoms with Crippen molar-refractivity contribution in [3.8, 4) is 11.3 Å². The second-order valence-corrected chi connectivity index (χ2v) is 7.15. The minimum Gasteiger partial charge on any atom is -0.300 e. The van der Waals surface area contributed by atoms with Gasteiger partial charge in [0.15, 0.2) is 0 Å². The molecule has 2 aromatic heterocycles. The number of rotatable bonds is 5. The average molecular weight is 344 g/mol. The Balaban J connectivity index is 1.62. The van der Waals surface area contributed by atoms with Crippen LogP contribution in [0.4, 0.5) is 5.13 Å². The largest absolute Gasteiger partial charge is 0.300 e. The van der Waals surface area contributed by atoms with Crippen molar-refractivity contribution >= 4 is 33.7 Å². The van der Waals surface area contributed by atoms with Crippen LogP contribution in [0.25, 0.3) is 11.3 Å². The molecular weight excluding hydrogens is 328 g/mol. The van der Waals surface area contributed by atoms with E-state index >= 15 is 0 Å². The fraction of sp³-hybridized carbons (Fsp3) is 0.250. The minimum atomic E-state index is -0.0824. The van der Waals surface area contributed by atoms with Crippen molar-refractivity contribution in [2.45, 2.75) is 26.7 Å². The molecule has 7 heteroatoms. The quantitative estimate of drug-likeness (QED) is 0.766. The fourth-order valence-corrected chi connectivity index (χ4v) is 3.40. The van der Waals surface area contributed by atoms with Gasteiger partial charge in [0.05, 0.1) is 17.1 Å². The van der Waals surface area contributed by atoms with Crippen molar-refractivity contribution in [2.75, 3.05) is 5.32 Å². The van der Waals surface area contributed by atoms with Gasteiger partial charge in [-0.2, -0.15) is 0 Å². The molecule has 0 unspecified atom stereocenters. The van der Waals surface area contributed by atoms with Gasteiger partial charge in [-0.05, 0) is 18.9 Å². The number of aromatic nitrogens is 3. The van der Waals surface area contributed by atoms with Gasteiger partial charge in [0.2, 0.25) is 11.0 Å². The van der Waals surface area contributed by atoms with Crippen LogP contribution >= 0.6 is 22.7 Å². The van der Waals surface area contributed by atoms with Crippen LogP contribution in [0.2, 0.25) is 0 Å². The van der Waals surface area contributed by atoms with E-state index in [1.165, 1.54) is 11.3 Å². The molecule has 1 N–H and O–H groups in total. The normalized spacial score (nSPS) is 10.7. The highest BCUT2D eigenvalue weighted by molar-refractivity contribution is 7.15. The van der Waals surface area contributed by atoms with E-state index in [1.54, 1.807) is 11.3 Å². The first-order valence-electron chi connectivity index (χ1n) is 7.27. The van der Waals surface area contributed by atoms with Gasteiger partial charge in [0.25, 0.3) is 0 Å². The van der Waals surface area contributed by atoms with Crippen LogP contribution in [-0.2, 0) is 17.6 Å². The second kappa shape index (κ2) is 6.97. The van der Waals surface area contributed by atoms with Gasteiger partial charge >= 0.3 is 0 Å². The van der Waals surface area contributed by atoms with Crippen LogP contribution in [0.15, 0.2) is 29.6 Å². The fourth-order valence-electron chi connectivity index (χ4n) is 2.09. The predicted octanol–water partition coefficient (Wildman–Crippen LogP) is 3.71. The summed E-state index contributed by atoms with van der Waals surface area (Å²) in [6.07, 6.45) is 1.14. The Morgan fingerprint density at radius 1 is 1.22 bits per heavy atom. The summed E-state index contributed by atoms with van der Waals surface area (Å²) in [5.41, 5.74) is 3.00. The summed E-state index contributed by atoms with van der Waals surface area (Å²) >= 11 is 3.04. The number of aryl methyl sites for hydroxylation is 2. The average Bonchev–Trinajstić information content (AvgIpc) is 3.17. The molecule has 0 aliphatic carbocycles. The maximum atomic E-state index is 12.1. The molecule has 0 spiro atoms. The summed E-state index contributed by atoms with van der Waals surface area (Å²) in [7, 11) is 0. The van der Waals surface area contributed by atoms with Crippen LogP contribution in [-0.4, -0.2) is 21.1 Å². The summed E-state index contributed by atoms with van der Waals surface area (Å²) in [5, 5.41) is 15.3. The predicted molar refractivity (Wildman–Crippen MR) is 93.9 cm³/mol. The van der Waals surface area contributed by atoms with Crippen LogP contribution in [0.5, 0.6) is 0 Å². The molecule has 0 radical (unpaired) electrons. The lowest BCUT2D eigenvalue weighted by Crippen LogP contribution is -2.14. The topological polar surface area (TPSA) is 67.8 Å². The highest BCUT2D eigenvalue weighted by Crippen LogP contribution is 2.22. The number of hydrogen-bond acceptors (Lipinski definition) is 6. The highest BCUT2D eigenvalue weighted by atomic mass is 32.1. The van der Waals surface area contributed by atoms with E-state index in [9.17, 15) is 4.79 Å². The summed E-state index contributed by atoms with van der Waals surface area (Å²) < 4.78 is 0. The van der Waals surface area contributed by atoms with Gasteiger partial charge < -0.3 is 5.32 Å². The zero-order chi connectivity index (χ0) is 16.2. The molecule has 118 valence electrons. The summed E-state index contributed by atoms with van der Waals surface area (Å²) in [6, 6.07) is 7.91. The van der Waals surface area contributed by atoms with Gasteiger partial charge in [0, 0.05) is 10.9 Å². The lowest BCUT2D eigenvalue weighted by molar-refractivity contribution is -0.115. The maximum absolute atomic E-state index is 12.1. The Bertz CT molecular complexity index is 808. The standard InChI is InChI=1S/C16H16N4OS2/c1-3-15-19-20-16(23-15)18-14(21)8-11-4-6-12(7-5-11)13-9-22-10(2)17-13/h4-7,9H,3,8H2,1-2H3,(H,18,20,21). The first-order chi connectivity index (χ1) is 11.1. The maximum Gasteiger partial charge on any atom is 0.230 e. The second-order valence-electron chi connectivity index (χ2n) is 5.03. The molecule has 0 atom stereocenters. The molecule has 0 fully saturated rings. The van der Waals surface area contributed by atoms with Crippen molar-refractivity contribution in [1.82, 2.24) is 15.2 Å². The van der Waals surface area contributed by atoms with Gasteiger partial charge in [-0.25, -0.2) is 4.98 Å². The van der Waals surface area contributed by atoms with Crippen LogP contribution in [0.1, 0.15) is 22.5 Å². The van der Waals surface area contributed by atoms with Gasteiger partial charge in [-0.3, -0.25) is 4.79 Å². The highest BCUT2D eigenvalue weighted by Gasteiger charge is 2.09. The lowest BCUT2D eigenvalue weighted by Gasteiger charge is -2.03. The minimum absolute atomic E-state index is 0.0824. The SMILES string of the molecule is CCc1nnc(NC(=O)Cc2ccc(-c3csc(C)n3)cc2)s1. The third-order valence-electron chi connectivity index (χ3n) is 3.25. The van der Waals surface area contributed by atoms with Crippen LogP contribution in [0, 0.1) is 6.92 Å². The molecule has 0 saturated carbocycles. The number of carbonyl (C=O) groups is 1. The Morgan fingerprint density at radius 3 is 2.61 bits per heavy atom. The van der Waals surface area contributed by atoms with E-state index in [0.29, 0.717) is 11.6 Å². The van der Waals surface area contributed by atoms with Gasteiger partial charge in [-0.1, -0.05) is 42.5 Å². The molecule has 1 aromatic carbocycles. The number of nitrogens with zero attached hydrogens (tertiary/aromatic N) is 3. The number of benzene rings is 1.